The minimum atomic E-state index is -0.991. The van der Waals surface area contributed by atoms with E-state index in [4.69, 9.17) is 11.6 Å². The minimum absolute atomic E-state index is 0.0721. The molecule has 0 aliphatic carbocycles. The third-order valence-electron chi connectivity index (χ3n) is 4.77. The molecule has 2 fully saturated rings. The van der Waals surface area contributed by atoms with Crippen LogP contribution < -0.4 is 5.32 Å². The predicted octanol–water partition coefficient (Wildman–Crippen LogP) is 1.58. The monoisotopic (exact) mass is 340 g/mol. The van der Waals surface area contributed by atoms with Crippen LogP contribution in [0.2, 0.25) is 5.02 Å². The van der Waals surface area contributed by atoms with Crippen LogP contribution in [0.3, 0.4) is 0 Å². The molecule has 5 nitrogen and oxygen atoms in total. The number of amides is 2. The first-order valence-electron chi connectivity index (χ1n) is 7.65. The highest BCUT2D eigenvalue weighted by Crippen LogP contribution is 2.37. The Labute approximate surface area is 138 Å². The predicted molar refractivity (Wildman–Crippen MR) is 82.6 cm³/mol. The zero-order valence-electron chi connectivity index (χ0n) is 12.5. The Balaban J connectivity index is 1.86. The van der Waals surface area contributed by atoms with Gasteiger partial charge in [-0.15, -0.1) is 0 Å². The fourth-order valence-corrected chi connectivity index (χ4v) is 3.61. The highest BCUT2D eigenvalue weighted by atomic mass is 35.5. The number of halogens is 2. The van der Waals surface area contributed by atoms with Gasteiger partial charge in [0.25, 0.3) is 5.91 Å². The topological polar surface area (TPSA) is 69.6 Å². The van der Waals surface area contributed by atoms with Gasteiger partial charge in [0.2, 0.25) is 5.91 Å². The van der Waals surface area contributed by atoms with E-state index < -0.39 is 23.2 Å². The molecule has 23 heavy (non-hydrogen) atoms. The number of nitrogens with zero attached hydrogens (tertiary/aromatic N) is 1. The standard InChI is InChI=1S/C16H18ClFN2O3/c17-10-2-3-11(12(18)8-10)14(22)20-7-4-13(21)16(9-20)5-1-6-19-15(16)23/h2-3,8,13,21H,1,4-7,9H2,(H,19,23)/t13-,16+/m0/s1. The van der Waals surface area contributed by atoms with Crippen LogP contribution in [0.4, 0.5) is 4.39 Å². The Morgan fingerprint density at radius 3 is 2.96 bits per heavy atom. The SMILES string of the molecule is O=C(c1ccc(Cl)cc1F)N1CC[C@H](O)[C@@]2(CCCNC2=O)C1. The van der Waals surface area contributed by atoms with Crippen molar-refractivity contribution in [2.45, 2.75) is 25.4 Å². The molecule has 2 aliphatic rings. The third-order valence-corrected chi connectivity index (χ3v) is 5.00. The average molecular weight is 341 g/mol. The molecule has 0 unspecified atom stereocenters. The maximum absolute atomic E-state index is 14.0. The van der Waals surface area contributed by atoms with E-state index in [1.165, 1.54) is 17.0 Å². The average Bonchev–Trinajstić information content (AvgIpc) is 2.52. The number of aliphatic hydroxyl groups excluding tert-OH is 1. The quantitative estimate of drug-likeness (QED) is 0.815. The van der Waals surface area contributed by atoms with Crippen molar-refractivity contribution in [3.05, 3.63) is 34.6 Å². The molecule has 3 rings (SSSR count). The lowest BCUT2D eigenvalue weighted by Gasteiger charge is -2.46. The van der Waals surface area contributed by atoms with Gasteiger partial charge in [0.05, 0.1) is 17.1 Å². The number of benzene rings is 1. The van der Waals surface area contributed by atoms with Crippen LogP contribution in [-0.4, -0.2) is 47.6 Å². The van der Waals surface area contributed by atoms with Crippen molar-refractivity contribution in [2.24, 2.45) is 5.41 Å². The van der Waals surface area contributed by atoms with Crippen LogP contribution in [0.1, 0.15) is 29.6 Å². The van der Waals surface area contributed by atoms with Crippen molar-refractivity contribution < 1.29 is 19.1 Å². The van der Waals surface area contributed by atoms with E-state index >= 15 is 0 Å². The van der Waals surface area contributed by atoms with Gasteiger partial charge in [-0.2, -0.15) is 0 Å². The van der Waals surface area contributed by atoms with Crippen molar-refractivity contribution in [1.29, 1.82) is 0 Å². The summed E-state index contributed by atoms with van der Waals surface area (Å²) in [5.74, 6) is -1.40. The molecule has 1 spiro atoms. The Hall–Kier alpha value is -1.66. The van der Waals surface area contributed by atoms with E-state index in [1.54, 1.807) is 0 Å². The van der Waals surface area contributed by atoms with Gasteiger partial charge in [-0.25, -0.2) is 4.39 Å². The van der Waals surface area contributed by atoms with E-state index in [-0.39, 0.29) is 29.6 Å². The minimum Gasteiger partial charge on any atom is -0.392 e. The summed E-state index contributed by atoms with van der Waals surface area (Å²) < 4.78 is 14.0. The summed E-state index contributed by atoms with van der Waals surface area (Å²) in [7, 11) is 0. The highest BCUT2D eigenvalue weighted by Gasteiger charge is 2.50. The summed E-state index contributed by atoms with van der Waals surface area (Å²) in [6.45, 7) is 0.963. The summed E-state index contributed by atoms with van der Waals surface area (Å²) in [6, 6.07) is 3.90. The number of carbonyl (C=O) groups is 2. The van der Waals surface area contributed by atoms with Crippen molar-refractivity contribution in [1.82, 2.24) is 10.2 Å². The molecule has 2 amide bonds. The van der Waals surface area contributed by atoms with Gasteiger partial charge in [0.1, 0.15) is 5.82 Å². The molecule has 1 aromatic rings. The highest BCUT2D eigenvalue weighted by molar-refractivity contribution is 6.30. The summed E-state index contributed by atoms with van der Waals surface area (Å²) in [4.78, 5) is 26.3. The molecule has 1 aromatic carbocycles. The van der Waals surface area contributed by atoms with E-state index in [0.717, 1.165) is 12.5 Å². The van der Waals surface area contributed by atoms with Crippen molar-refractivity contribution >= 4 is 23.4 Å². The Kier molecular flexibility index (Phi) is 4.29. The number of hydrogen-bond donors (Lipinski definition) is 2. The Morgan fingerprint density at radius 1 is 1.48 bits per heavy atom. The Morgan fingerprint density at radius 2 is 2.26 bits per heavy atom. The number of hydrogen-bond acceptors (Lipinski definition) is 3. The zero-order valence-corrected chi connectivity index (χ0v) is 13.3. The smallest absolute Gasteiger partial charge is 0.256 e. The largest absolute Gasteiger partial charge is 0.392 e. The van der Waals surface area contributed by atoms with E-state index in [1.807, 2.05) is 0 Å². The van der Waals surface area contributed by atoms with Gasteiger partial charge in [0, 0.05) is 24.7 Å². The first kappa shape index (κ1) is 16.2. The van der Waals surface area contributed by atoms with Crippen LogP contribution in [0.25, 0.3) is 0 Å². The number of carbonyl (C=O) groups excluding carboxylic acids is 2. The summed E-state index contributed by atoms with van der Waals surface area (Å²) in [6.07, 6.45) is 0.781. The normalized spacial score (nSPS) is 27.9. The maximum Gasteiger partial charge on any atom is 0.256 e. The lowest BCUT2D eigenvalue weighted by atomic mass is 9.71. The molecule has 124 valence electrons. The Bertz CT molecular complexity index is 654. The second-order valence-electron chi connectivity index (χ2n) is 6.17. The van der Waals surface area contributed by atoms with Crippen LogP contribution in [0.5, 0.6) is 0 Å². The molecule has 2 heterocycles. The second-order valence-corrected chi connectivity index (χ2v) is 6.61. The molecular weight excluding hydrogens is 323 g/mol. The number of likely N-dealkylation sites (tertiary alicyclic amines) is 1. The van der Waals surface area contributed by atoms with Gasteiger partial charge in [0.15, 0.2) is 0 Å². The lowest BCUT2D eigenvalue weighted by molar-refractivity contribution is -0.147. The van der Waals surface area contributed by atoms with Crippen LogP contribution >= 0.6 is 11.6 Å². The molecule has 7 heteroatoms. The first-order chi connectivity index (χ1) is 10.9. The number of piperidine rings is 2. The number of rotatable bonds is 1. The van der Waals surface area contributed by atoms with Crippen LogP contribution in [0.15, 0.2) is 18.2 Å². The second kappa shape index (κ2) is 6.09. The summed E-state index contributed by atoms with van der Waals surface area (Å²) >= 11 is 5.71. The fourth-order valence-electron chi connectivity index (χ4n) is 3.45. The number of aliphatic hydroxyl groups is 1. The zero-order chi connectivity index (χ0) is 16.6. The molecule has 2 N–H and O–H groups in total. The van der Waals surface area contributed by atoms with Crippen molar-refractivity contribution in [2.75, 3.05) is 19.6 Å². The maximum atomic E-state index is 14.0. The molecule has 2 aliphatic heterocycles. The molecule has 2 atom stereocenters. The van der Waals surface area contributed by atoms with E-state index in [2.05, 4.69) is 5.32 Å². The van der Waals surface area contributed by atoms with Crippen molar-refractivity contribution in [3.63, 3.8) is 0 Å². The summed E-state index contributed by atoms with van der Waals surface area (Å²) in [5.41, 5.74) is -1.06. The fraction of sp³-hybridized carbons (Fsp3) is 0.500. The van der Waals surface area contributed by atoms with E-state index in [9.17, 15) is 19.1 Å². The molecule has 2 saturated heterocycles. The molecule has 0 aromatic heterocycles. The lowest BCUT2D eigenvalue weighted by Crippen LogP contribution is -2.62. The van der Waals surface area contributed by atoms with Crippen LogP contribution in [0, 0.1) is 11.2 Å². The number of nitrogens with one attached hydrogen (secondary N) is 1. The molecule has 0 saturated carbocycles. The van der Waals surface area contributed by atoms with Crippen LogP contribution in [-0.2, 0) is 4.79 Å². The van der Waals surface area contributed by atoms with Gasteiger partial charge in [-0.1, -0.05) is 11.6 Å². The molecule has 0 radical (unpaired) electrons. The van der Waals surface area contributed by atoms with Crippen molar-refractivity contribution in [3.8, 4) is 0 Å². The third kappa shape index (κ3) is 2.81. The molecular formula is C16H18ClFN2O3. The molecule has 0 bridgehead atoms. The first-order valence-corrected chi connectivity index (χ1v) is 8.02. The van der Waals surface area contributed by atoms with Gasteiger partial charge in [-0.05, 0) is 37.5 Å². The summed E-state index contributed by atoms with van der Waals surface area (Å²) in [5, 5.41) is 13.3. The van der Waals surface area contributed by atoms with Gasteiger partial charge in [-0.3, -0.25) is 9.59 Å². The van der Waals surface area contributed by atoms with Gasteiger partial charge < -0.3 is 15.3 Å². The van der Waals surface area contributed by atoms with Gasteiger partial charge >= 0.3 is 0 Å². The van der Waals surface area contributed by atoms with E-state index in [0.29, 0.717) is 19.4 Å².